The molecule has 0 aliphatic heterocycles. The Morgan fingerprint density at radius 2 is 2.29 bits per heavy atom. The van der Waals surface area contributed by atoms with Gasteiger partial charge in [-0.2, -0.15) is 11.8 Å². The van der Waals surface area contributed by atoms with E-state index >= 15 is 0 Å². The van der Waals surface area contributed by atoms with Gasteiger partial charge in [-0.1, -0.05) is 0 Å². The van der Waals surface area contributed by atoms with E-state index in [2.05, 4.69) is 20.8 Å². The van der Waals surface area contributed by atoms with E-state index in [1.54, 1.807) is 16.4 Å². The van der Waals surface area contributed by atoms with Gasteiger partial charge >= 0.3 is 0 Å². The van der Waals surface area contributed by atoms with E-state index < -0.39 is 0 Å². The Morgan fingerprint density at radius 1 is 1.53 bits per heavy atom. The van der Waals surface area contributed by atoms with Crippen LogP contribution < -0.4 is 5.32 Å². The van der Waals surface area contributed by atoms with Crippen molar-refractivity contribution in [1.29, 1.82) is 0 Å². The Morgan fingerprint density at radius 3 is 2.94 bits per heavy atom. The summed E-state index contributed by atoms with van der Waals surface area (Å²) in [6.07, 6.45) is 0.543. The highest BCUT2D eigenvalue weighted by Gasteiger charge is 2.09. The second kappa shape index (κ2) is 7.26. The standard InChI is InChI=1S/C10H19N5OS/c1-4-11-10(16)5-6-17-7-9-12-13-14-15(9)8(2)3/h8H,4-7H2,1-3H3,(H,11,16). The molecule has 0 spiro atoms. The highest BCUT2D eigenvalue weighted by molar-refractivity contribution is 7.98. The fourth-order valence-electron chi connectivity index (χ4n) is 1.32. The molecule has 0 bridgehead atoms. The van der Waals surface area contributed by atoms with Crippen molar-refractivity contribution in [2.24, 2.45) is 0 Å². The molecule has 0 saturated carbocycles. The van der Waals surface area contributed by atoms with Crippen molar-refractivity contribution < 1.29 is 4.79 Å². The van der Waals surface area contributed by atoms with Crippen LogP contribution in [0.2, 0.25) is 0 Å². The summed E-state index contributed by atoms with van der Waals surface area (Å²) < 4.78 is 1.80. The zero-order valence-corrected chi connectivity index (χ0v) is 11.3. The van der Waals surface area contributed by atoms with E-state index in [1.807, 2.05) is 20.8 Å². The summed E-state index contributed by atoms with van der Waals surface area (Å²) in [5.41, 5.74) is 0. The monoisotopic (exact) mass is 257 g/mol. The van der Waals surface area contributed by atoms with Gasteiger partial charge in [-0.15, -0.1) is 5.10 Å². The summed E-state index contributed by atoms with van der Waals surface area (Å²) in [6.45, 7) is 6.69. The van der Waals surface area contributed by atoms with Gasteiger partial charge in [0, 0.05) is 18.7 Å². The first kappa shape index (κ1) is 14.0. The van der Waals surface area contributed by atoms with Crippen molar-refractivity contribution in [1.82, 2.24) is 25.5 Å². The van der Waals surface area contributed by atoms with E-state index in [4.69, 9.17) is 0 Å². The molecule has 0 aromatic carbocycles. The third kappa shape index (κ3) is 4.72. The molecule has 1 heterocycles. The number of aromatic nitrogens is 4. The molecule has 1 rings (SSSR count). The average Bonchev–Trinajstić information content (AvgIpc) is 2.73. The zero-order chi connectivity index (χ0) is 12.7. The van der Waals surface area contributed by atoms with Crippen LogP contribution in [0.4, 0.5) is 0 Å². The summed E-state index contributed by atoms with van der Waals surface area (Å²) in [5.74, 6) is 2.49. The van der Waals surface area contributed by atoms with Gasteiger partial charge in [0.15, 0.2) is 5.82 Å². The molecule has 1 amide bonds. The molecule has 0 aliphatic carbocycles. The van der Waals surface area contributed by atoms with E-state index in [1.165, 1.54) is 0 Å². The van der Waals surface area contributed by atoms with Crippen molar-refractivity contribution in [3.8, 4) is 0 Å². The number of rotatable bonds is 7. The quantitative estimate of drug-likeness (QED) is 0.738. The average molecular weight is 257 g/mol. The van der Waals surface area contributed by atoms with Crippen LogP contribution in [-0.2, 0) is 10.5 Å². The number of tetrazole rings is 1. The van der Waals surface area contributed by atoms with Crippen LogP contribution in [0.25, 0.3) is 0 Å². The number of nitrogens with zero attached hydrogens (tertiary/aromatic N) is 4. The maximum Gasteiger partial charge on any atom is 0.220 e. The summed E-state index contributed by atoms with van der Waals surface area (Å²) >= 11 is 1.67. The second-order valence-corrected chi connectivity index (χ2v) is 4.99. The number of thioether (sulfide) groups is 1. The first-order valence-electron chi connectivity index (χ1n) is 5.76. The van der Waals surface area contributed by atoms with Crippen LogP contribution in [-0.4, -0.2) is 38.4 Å². The molecule has 6 nitrogen and oxygen atoms in total. The first-order valence-corrected chi connectivity index (χ1v) is 6.91. The molecular weight excluding hydrogens is 238 g/mol. The number of carbonyl (C=O) groups excluding carboxylic acids is 1. The lowest BCUT2D eigenvalue weighted by Gasteiger charge is -2.07. The topological polar surface area (TPSA) is 72.7 Å². The zero-order valence-electron chi connectivity index (χ0n) is 10.5. The van der Waals surface area contributed by atoms with Crippen LogP contribution in [0.15, 0.2) is 0 Å². The molecule has 0 atom stereocenters. The number of amides is 1. The Bertz CT molecular complexity index is 352. The van der Waals surface area contributed by atoms with Gasteiger partial charge in [-0.25, -0.2) is 4.68 Å². The molecule has 0 fully saturated rings. The fourth-order valence-corrected chi connectivity index (χ4v) is 2.17. The normalized spacial score (nSPS) is 10.8. The van der Waals surface area contributed by atoms with Crippen molar-refractivity contribution in [3.05, 3.63) is 5.82 Å². The van der Waals surface area contributed by atoms with E-state index in [0.29, 0.717) is 13.0 Å². The Balaban J connectivity index is 2.26. The van der Waals surface area contributed by atoms with Crippen LogP contribution in [0.1, 0.15) is 39.1 Å². The van der Waals surface area contributed by atoms with Crippen LogP contribution in [0.5, 0.6) is 0 Å². The predicted octanol–water partition coefficient (Wildman–Crippen LogP) is 1.01. The molecule has 0 radical (unpaired) electrons. The maximum atomic E-state index is 11.2. The van der Waals surface area contributed by atoms with Crippen molar-refractivity contribution in [2.45, 2.75) is 39.0 Å². The number of hydrogen-bond donors (Lipinski definition) is 1. The summed E-state index contributed by atoms with van der Waals surface area (Å²) in [4.78, 5) is 11.2. The van der Waals surface area contributed by atoms with Gasteiger partial charge < -0.3 is 5.32 Å². The predicted molar refractivity (Wildman–Crippen MR) is 67.7 cm³/mol. The van der Waals surface area contributed by atoms with Crippen LogP contribution in [0.3, 0.4) is 0 Å². The lowest BCUT2D eigenvalue weighted by Crippen LogP contribution is -2.22. The largest absolute Gasteiger partial charge is 0.356 e. The van der Waals surface area contributed by atoms with Crippen molar-refractivity contribution >= 4 is 17.7 Å². The van der Waals surface area contributed by atoms with E-state index in [-0.39, 0.29) is 11.9 Å². The Hall–Kier alpha value is -1.11. The van der Waals surface area contributed by atoms with Gasteiger partial charge in [0.05, 0.1) is 11.8 Å². The first-order chi connectivity index (χ1) is 8.15. The summed E-state index contributed by atoms with van der Waals surface area (Å²) in [6, 6.07) is 0.268. The van der Waals surface area contributed by atoms with E-state index in [0.717, 1.165) is 17.3 Å². The molecule has 17 heavy (non-hydrogen) atoms. The lowest BCUT2D eigenvalue weighted by molar-refractivity contribution is -0.120. The molecule has 1 N–H and O–H groups in total. The van der Waals surface area contributed by atoms with Crippen LogP contribution >= 0.6 is 11.8 Å². The van der Waals surface area contributed by atoms with Gasteiger partial charge in [0.2, 0.25) is 5.91 Å². The Kier molecular flexibility index (Phi) is 5.96. The van der Waals surface area contributed by atoms with Gasteiger partial charge in [0.25, 0.3) is 0 Å². The fraction of sp³-hybridized carbons (Fsp3) is 0.800. The number of carbonyl (C=O) groups is 1. The third-order valence-electron chi connectivity index (χ3n) is 2.13. The lowest BCUT2D eigenvalue weighted by atomic mass is 10.4. The SMILES string of the molecule is CCNC(=O)CCSCc1nnnn1C(C)C. The Labute approximate surface area is 106 Å². The minimum Gasteiger partial charge on any atom is -0.356 e. The van der Waals surface area contributed by atoms with Gasteiger partial charge in [-0.05, 0) is 31.2 Å². The number of nitrogens with one attached hydrogen (secondary N) is 1. The minimum atomic E-state index is 0.100. The van der Waals surface area contributed by atoms with Crippen molar-refractivity contribution in [3.63, 3.8) is 0 Å². The molecule has 96 valence electrons. The van der Waals surface area contributed by atoms with Crippen molar-refractivity contribution in [2.75, 3.05) is 12.3 Å². The summed E-state index contributed by atoms with van der Waals surface area (Å²) in [5, 5.41) is 14.3. The number of hydrogen-bond acceptors (Lipinski definition) is 5. The third-order valence-corrected chi connectivity index (χ3v) is 3.08. The molecular formula is C10H19N5OS. The van der Waals surface area contributed by atoms with E-state index in [9.17, 15) is 4.79 Å². The highest BCUT2D eigenvalue weighted by Crippen LogP contribution is 2.13. The second-order valence-electron chi connectivity index (χ2n) is 3.89. The summed E-state index contributed by atoms with van der Waals surface area (Å²) in [7, 11) is 0. The minimum absolute atomic E-state index is 0.100. The molecule has 1 aromatic rings. The van der Waals surface area contributed by atoms with Gasteiger partial charge in [0.1, 0.15) is 0 Å². The molecule has 0 saturated heterocycles. The smallest absolute Gasteiger partial charge is 0.220 e. The maximum absolute atomic E-state index is 11.2. The van der Waals surface area contributed by atoms with Crippen LogP contribution in [0, 0.1) is 0 Å². The van der Waals surface area contributed by atoms with Gasteiger partial charge in [-0.3, -0.25) is 4.79 Å². The molecule has 7 heteroatoms. The molecule has 1 aromatic heterocycles. The molecule has 0 unspecified atom stereocenters. The molecule has 0 aliphatic rings. The highest BCUT2D eigenvalue weighted by atomic mass is 32.2.